The van der Waals surface area contributed by atoms with Gasteiger partial charge in [0.2, 0.25) is 0 Å². The minimum absolute atomic E-state index is 0.314. The molecular formula is C16H22N8. The number of hydrogen-bond acceptors (Lipinski definition) is 6. The molecule has 0 aliphatic carbocycles. The molecule has 1 N–H and O–H groups in total. The molecule has 3 aromatic rings. The summed E-state index contributed by atoms with van der Waals surface area (Å²) < 4.78 is 4.01. The molecule has 8 nitrogen and oxygen atoms in total. The molecule has 1 atom stereocenters. The van der Waals surface area contributed by atoms with Crippen molar-refractivity contribution in [3.63, 3.8) is 0 Å². The molecule has 0 spiro atoms. The average Bonchev–Trinajstić information content (AvgIpc) is 3.20. The van der Waals surface area contributed by atoms with Gasteiger partial charge in [-0.25, -0.2) is 4.98 Å². The molecular weight excluding hydrogens is 304 g/mol. The summed E-state index contributed by atoms with van der Waals surface area (Å²) >= 11 is 0. The smallest absolute Gasteiger partial charge is 0.254 e. The van der Waals surface area contributed by atoms with E-state index < -0.39 is 0 Å². The summed E-state index contributed by atoms with van der Waals surface area (Å²) in [5.41, 5.74) is 1.02. The van der Waals surface area contributed by atoms with Crippen LogP contribution in [0.2, 0.25) is 0 Å². The zero-order valence-electron chi connectivity index (χ0n) is 14.3. The van der Waals surface area contributed by atoms with Gasteiger partial charge in [0.05, 0.1) is 5.69 Å². The van der Waals surface area contributed by atoms with Crippen LogP contribution in [-0.4, -0.2) is 40.4 Å². The lowest BCUT2D eigenvalue weighted by Gasteiger charge is -2.26. The SMILES string of the molecule is CCc1nnc2n1C[C@H](Nc1cc(C(C)C)nc3ncnn13)CC2. The van der Waals surface area contributed by atoms with Gasteiger partial charge < -0.3 is 9.88 Å². The zero-order valence-corrected chi connectivity index (χ0v) is 14.3. The third-order valence-electron chi connectivity index (χ3n) is 4.55. The second kappa shape index (κ2) is 5.85. The number of hydrogen-bond donors (Lipinski definition) is 1. The maximum atomic E-state index is 4.57. The standard InChI is InChI=1S/C16H22N8/c1-4-13-21-22-14-6-5-11(8-23(13)14)19-15-7-12(10(2)3)20-16-17-9-18-24(15)16/h7,9-11,19H,4-6,8H2,1-3H3/t11-/m1/s1. The highest BCUT2D eigenvalue weighted by atomic mass is 15.4. The van der Waals surface area contributed by atoms with Gasteiger partial charge in [0.25, 0.3) is 5.78 Å². The maximum Gasteiger partial charge on any atom is 0.254 e. The van der Waals surface area contributed by atoms with Crippen LogP contribution in [0.25, 0.3) is 5.78 Å². The predicted molar refractivity (Wildman–Crippen MR) is 90.0 cm³/mol. The third kappa shape index (κ3) is 2.51. The van der Waals surface area contributed by atoms with Crippen molar-refractivity contribution in [1.29, 1.82) is 0 Å². The topological polar surface area (TPSA) is 85.8 Å². The molecule has 0 unspecified atom stereocenters. The van der Waals surface area contributed by atoms with E-state index in [2.05, 4.69) is 62.0 Å². The molecule has 0 bridgehead atoms. The minimum Gasteiger partial charge on any atom is -0.365 e. The number of nitrogens with zero attached hydrogens (tertiary/aromatic N) is 7. The second-order valence-electron chi connectivity index (χ2n) is 6.57. The van der Waals surface area contributed by atoms with Crippen LogP contribution in [0.15, 0.2) is 12.4 Å². The van der Waals surface area contributed by atoms with E-state index in [0.717, 1.165) is 49.0 Å². The molecule has 1 aliphatic heterocycles. The highest BCUT2D eigenvalue weighted by Gasteiger charge is 2.23. The van der Waals surface area contributed by atoms with Crippen LogP contribution in [0, 0.1) is 0 Å². The van der Waals surface area contributed by atoms with Crippen molar-refractivity contribution < 1.29 is 0 Å². The highest BCUT2D eigenvalue weighted by molar-refractivity contribution is 5.46. The lowest BCUT2D eigenvalue weighted by molar-refractivity contribution is 0.464. The monoisotopic (exact) mass is 326 g/mol. The molecule has 24 heavy (non-hydrogen) atoms. The van der Waals surface area contributed by atoms with Crippen LogP contribution in [0.3, 0.4) is 0 Å². The first-order chi connectivity index (χ1) is 11.7. The number of nitrogens with one attached hydrogen (secondary N) is 1. The molecule has 0 saturated heterocycles. The molecule has 0 aromatic carbocycles. The number of aromatic nitrogens is 7. The summed E-state index contributed by atoms with van der Waals surface area (Å²) in [6.45, 7) is 7.26. The Morgan fingerprint density at radius 1 is 1.33 bits per heavy atom. The molecule has 8 heteroatoms. The Labute approximate surface area is 140 Å². The fourth-order valence-electron chi connectivity index (χ4n) is 3.20. The van der Waals surface area contributed by atoms with E-state index in [9.17, 15) is 0 Å². The maximum absolute atomic E-state index is 4.57. The zero-order chi connectivity index (χ0) is 16.7. The molecule has 0 radical (unpaired) electrons. The quantitative estimate of drug-likeness (QED) is 0.787. The van der Waals surface area contributed by atoms with Crippen molar-refractivity contribution in [1.82, 2.24) is 34.3 Å². The Bertz CT molecular complexity index is 849. The first-order valence-electron chi connectivity index (χ1n) is 8.54. The highest BCUT2D eigenvalue weighted by Crippen LogP contribution is 2.22. The van der Waals surface area contributed by atoms with Crippen molar-refractivity contribution >= 4 is 11.6 Å². The van der Waals surface area contributed by atoms with Gasteiger partial charge >= 0.3 is 0 Å². The molecule has 0 amide bonds. The van der Waals surface area contributed by atoms with Gasteiger partial charge in [-0.3, -0.25) is 0 Å². The molecule has 0 fully saturated rings. The molecule has 4 rings (SSSR count). The Morgan fingerprint density at radius 3 is 3.00 bits per heavy atom. The Hall–Kier alpha value is -2.51. The lowest BCUT2D eigenvalue weighted by Crippen LogP contribution is -2.33. The number of aryl methyl sites for hydroxylation is 2. The van der Waals surface area contributed by atoms with Gasteiger partial charge in [-0.1, -0.05) is 20.8 Å². The van der Waals surface area contributed by atoms with Gasteiger partial charge in [-0.2, -0.15) is 14.6 Å². The molecule has 1 aliphatic rings. The molecule has 4 heterocycles. The summed E-state index contributed by atoms with van der Waals surface area (Å²) in [6, 6.07) is 2.39. The molecule has 0 saturated carbocycles. The van der Waals surface area contributed by atoms with Crippen LogP contribution in [0.1, 0.15) is 50.5 Å². The third-order valence-corrected chi connectivity index (χ3v) is 4.55. The van der Waals surface area contributed by atoms with Crippen molar-refractivity contribution in [2.45, 2.75) is 58.5 Å². The normalized spacial score (nSPS) is 17.4. The number of rotatable bonds is 4. The first kappa shape index (κ1) is 15.0. The lowest BCUT2D eigenvalue weighted by atomic mass is 10.1. The van der Waals surface area contributed by atoms with E-state index in [1.54, 1.807) is 10.8 Å². The van der Waals surface area contributed by atoms with Gasteiger partial charge in [0, 0.05) is 31.5 Å². The van der Waals surface area contributed by atoms with Crippen LogP contribution in [0.5, 0.6) is 0 Å². The van der Waals surface area contributed by atoms with Crippen molar-refractivity contribution in [2.24, 2.45) is 0 Å². The van der Waals surface area contributed by atoms with Gasteiger partial charge in [-0.15, -0.1) is 10.2 Å². The van der Waals surface area contributed by atoms with Gasteiger partial charge in [0.1, 0.15) is 23.8 Å². The summed E-state index contributed by atoms with van der Waals surface area (Å²) in [5, 5.41) is 16.5. The Kier molecular flexibility index (Phi) is 3.66. The largest absolute Gasteiger partial charge is 0.365 e. The van der Waals surface area contributed by atoms with Crippen LogP contribution < -0.4 is 5.32 Å². The fraction of sp³-hybridized carbons (Fsp3) is 0.562. The predicted octanol–water partition coefficient (Wildman–Crippen LogP) is 1.83. The van der Waals surface area contributed by atoms with E-state index in [-0.39, 0.29) is 0 Å². The molecule has 126 valence electrons. The first-order valence-corrected chi connectivity index (χ1v) is 8.54. The van der Waals surface area contributed by atoms with Crippen molar-refractivity contribution in [3.05, 3.63) is 29.7 Å². The Balaban J connectivity index is 1.64. The van der Waals surface area contributed by atoms with Crippen molar-refractivity contribution in [3.8, 4) is 0 Å². The number of fused-ring (bicyclic) bond motifs is 2. The van der Waals surface area contributed by atoms with E-state index >= 15 is 0 Å². The second-order valence-corrected chi connectivity index (χ2v) is 6.57. The van der Waals surface area contributed by atoms with Crippen LogP contribution in [0.4, 0.5) is 5.82 Å². The molecule has 3 aromatic heterocycles. The summed E-state index contributed by atoms with van der Waals surface area (Å²) in [5.74, 6) is 4.07. The summed E-state index contributed by atoms with van der Waals surface area (Å²) in [6.07, 6.45) is 4.41. The fourth-order valence-corrected chi connectivity index (χ4v) is 3.20. The van der Waals surface area contributed by atoms with Gasteiger partial charge in [-0.05, 0) is 12.3 Å². The van der Waals surface area contributed by atoms with Crippen LogP contribution >= 0.6 is 0 Å². The van der Waals surface area contributed by atoms with E-state index in [0.29, 0.717) is 17.7 Å². The minimum atomic E-state index is 0.314. The number of anilines is 1. The van der Waals surface area contributed by atoms with Gasteiger partial charge in [0.15, 0.2) is 0 Å². The Morgan fingerprint density at radius 2 is 2.21 bits per heavy atom. The van der Waals surface area contributed by atoms with E-state index in [1.807, 2.05) is 0 Å². The van der Waals surface area contributed by atoms with E-state index in [4.69, 9.17) is 0 Å². The van der Waals surface area contributed by atoms with E-state index in [1.165, 1.54) is 0 Å². The average molecular weight is 326 g/mol. The van der Waals surface area contributed by atoms with Crippen molar-refractivity contribution in [2.75, 3.05) is 5.32 Å². The summed E-state index contributed by atoms with van der Waals surface area (Å²) in [4.78, 5) is 8.81. The van der Waals surface area contributed by atoms with Crippen LogP contribution in [-0.2, 0) is 19.4 Å². The summed E-state index contributed by atoms with van der Waals surface area (Å²) in [7, 11) is 0.